The van der Waals surface area contributed by atoms with E-state index in [1.54, 1.807) is 12.1 Å². The van der Waals surface area contributed by atoms with Crippen molar-refractivity contribution < 1.29 is 8.42 Å². The summed E-state index contributed by atoms with van der Waals surface area (Å²) in [7, 11) is -3.25. The van der Waals surface area contributed by atoms with Gasteiger partial charge >= 0.3 is 0 Å². The van der Waals surface area contributed by atoms with Gasteiger partial charge < -0.3 is 5.73 Å². The van der Waals surface area contributed by atoms with Crippen LogP contribution < -0.4 is 10.5 Å². The zero-order valence-corrected chi connectivity index (χ0v) is 10.5. The van der Waals surface area contributed by atoms with Crippen LogP contribution in [0.25, 0.3) is 0 Å². The van der Waals surface area contributed by atoms with Crippen molar-refractivity contribution >= 4 is 26.0 Å². The Morgan fingerprint density at radius 3 is 2.40 bits per heavy atom. The summed E-state index contributed by atoms with van der Waals surface area (Å²) in [6.07, 6.45) is 0. The molecule has 0 atom stereocenters. The summed E-state index contributed by atoms with van der Waals surface area (Å²) in [5.41, 5.74) is 5.97. The van der Waals surface area contributed by atoms with Gasteiger partial charge in [-0.2, -0.15) is 0 Å². The van der Waals surface area contributed by atoms with Gasteiger partial charge in [-0.3, -0.25) is 0 Å². The smallest absolute Gasteiger partial charge is 0.215 e. The van der Waals surface area contributed by atoms with Crippen molar-refractivity contribution in [3.8, 4) is 0 Å². The highest BCUT2D eigenvalue weighted by Crippen LogP contribution is 2.12. The Hall–Kier alpha value is -0.430. The Morgan fingerprint density at radius 2 is 1.87 bits per heavy atom. The van der Waals surface area contributed by atoms with Crippen molar-refractivity contribution in [3.63, 3.8) is 0 Å². The van der Waals surface area contributed by atoms with Gasteiger partial charge in [0, 0.05) is 17.6 Å². The Kier molecular flexibility index (Phi) is 4.72. The summed E-state index contributed by atoms with van der Waals surface area (Å²) in [4.78, 5) is 0. The molecule has 0 saturated heterocycles. The lowest BCUT2D eigenvalue weighted by atomic mass is 10.2. The van der Waals surface area contributed by atoms with E-state index >= 15 is 0 Å². The number of nitrogens with one attached hydrogen (secondary N) is 1. The van der Waals surface area contributed by atoms with Crippen LogP contribution in [0.5, 0.6) is 0 Å². The molecule has 0 aliphatic rings. The molecule has 1 rings (SSSR count). The van der Waals surface area contributed by atoms with Crippen LogP contribution in [0.1, 0.15) is 5.56 Å². The molecule has 4 nitrogen and oxygen atoms in total. The number of benzene rings is 1. The molecule has 0 amide bonds. The van der Waals surface area contributed by atoms with E-state index in [1.807, 2.05) is 12.1 Å². The fraction of sp³-hybridized carbons (Fsp3) is 0.333. The van der Waals surface area contributed by atoms with Gasteiger partial charge in [0.2, 0.25) is 10.0 Å². The highest BCUT2D eigenvalue weighted by Gasteiger charge is 2.09. The van der Waals surface area contributed by atoms with E-state index in [4.69, 9.17) is 5.73 Å². The van der Waals surface area contributed by atoms with E-state index in [-0.39, 0.29) is 12.3 Å². The Labute approximate surface area is 98.0 Å². The zero-order valence-electron chi connectivity index (χ0n) is 8.11. The van der Waals surface area contributed by atoms with Crippen molar-refractivity contribution in [2.24, 2.45) is 5.73 Å². The minimum atomic E-state index is -3.25. The number of nitrogens with two attached hydrogens (primary N) is 1. The first kappa shape index (κ1) is 12.6. The Bertz CT molecular complexity index is 403. The van der Waals surface area contributed by atoms with Gasteiger partial charge in [-0.05, 0) is 17.7 Å². The first-order chi connectivity index (χ1) is 7.03. The molecule has 0 aromatic heterocycles. The molecule has 1 aromatic carbocycles. The van der Waals surface area contributed by atoms with Crippen LogP contribution in [-0.4, -0.2) is 21.5 Å². The van der Waals surface area contributed by atoms with Crippen LogP contribution in [0, 0.1) is 0 Å². The second-order valence-corrected chi connectivity index (χ2v) is 5.79. The van der Waals surface area contributed by atoms with Crippen LogP contribution >= 0.6 is 15.9 Å². The third-order valence-corrected chi connectivity index (χ3v) is 3.62. The molecule has 0 fully saturated rings. The molecule has 0 saturated carbocycles. The number of hydrogen-bond donors (Lipinski definition) is 2. The predicted octanol–water partition coefficient (Wildman–Crippen LogP) is 0.827. The highest BCUT2D eigenvalue weighted by molar-refractivity contribution is 9.10. The van der Waals surface area contributed by atoms with E-state index in [2.05, 4.69) is 20.7 Å². The fourth-order valence-corrected chi connectivity index (χ4v) is 2.49. The van der Waals surface area contributed by atoms with E-state index < -0.39 is 10.0 Å². The van der Waals surface area contributed by atoms with Gasteiger partial charge in [-0.25, -0.2) is 13.1 Å². The largest absolute Gasteiger partial charge is 0.329 e. The summed E-state index contributed by atoms with van der Waals surface area (Å²) >= 11 is 3.29. The van der Waals surface area contributed by atoms with Crippen LogP contribution in [0.4, 0.5) is 0 Å². The maximum absolute atomic E-state index is 11.5. The Balaban J connectivity index is 2.65. The molecule has 6 heteroatoms. The van der Waals surface area contributed by atoms with Gasteiger partial charge in [0.25, 0.3) is 0 Å². The fourth-order valence-electron chi connectivity index (χ4n) is 1.07. The molecular weight excluding hydrogens is 280 g/mol. The average Bonchev–Trinajstić information content (AvgIpc) is 2.18. The van der Waals surface area contributed by atoms with Crippen molar-refractivity contribution in [3.05, 3.63) is 34.3 Å². The van der Waals surface area contributed by atoms with E-state index in [0.717, 1.165) is 10.0 Å². The lowest BCUT2D eigenvalue weighted by Gasteiger charge is -2.05. The first-order valence-corrected chi connectivity index (χ1v) is 6.90. The molecule has 1 aromatic rings. The molecule has 0 aliphatic heterocycles. The molecular formula is C9H13BrN2O2S. The second kappa shape index (κ2) is 5.60. The normalized spacial score (nSPS) is 11.6. The van der Waals surface area contributed by atoms with Crippen molar-refractivity contribution in [2.75, 3.05) is 13.1 Å². The van der Waals surface area contributed by atoms with Crippen molar-refractivity contribution in [1.82, 2.24) is 4.72 Å². The summed E-state index contributed by atoms with van der Waals surface area (Å²) in [5.74, 6) is -0.0136. The third-order valence-electron chi connectivity index (χ3n) is 1.74. The highest BCUT2D eigenvalue weighted by atomic mass is 79.9. The third kappa shape index (κ3) is 4.74. The summed E-state index contributed by atoms with van der Waals surface area (Å²) < 4.78 is 26.3. The summed E-state index contributed by atoms with van der Waals surface area (Å²) in [6, 6.07) is 7.17. The number of sulfonamides is 1. The maximum atomic E-state index is 11.5. The molecule has 0 heterocycles. The predicted molar refractivity (Wildman–Crippen MR) is 63.8 cm³/mol. The van der Waals surface area contributed by atoms with Gasteiger partial charge in [0.15, 0.2) is 0 Å². The van der Waals surface area contributed by atoms with Crippen LogP contribution in [0.2, 0.25) is 0 Å². The summed E-state index contributed by atoms with van der Waals surface area (Å²) in [6.45, 7) is 0.582. The standard InChI is InChI=1S/C9H13BrN2O2S/c10-9-3-1-8(2-4-9)7-15(13,14)12-6-5-11/h1-4,12H,5-7,11H2. The second-order valence-electron chi connectivity index (χ2n) is 3.07. The number of halogens is 1. The van der Waals surface area contributed by atoms with Gasteiger partial charge in [0.1, 0.15) is 0 Å². The Morgan fingerprint density at radius 1 is 1.27 bits per heavy atom. The monoisotopic (exact) mass is 292 g/mol. The molecule has 0 radical (unpaired) electrons. The maximum Gasteiger partial charge on any atom is 0.215 e. The molecule has 0 spiro atoms. The van der Waals surface area contributed by atoms with E-state index in [0.29, 0.717) is 6.54 Å². The quantitative estimate of drug-likeness (QED) is 0.844. The number of hydrogen-bond acceptors (Lipinski definition) is 3. The first-order valence-electron chi connectivity index (χ1n) is 4.45. The lowest BCUT2D eigenvalue weighted by Crippen LogP contribution is -2.30. The minimum absolute atomic E-state index is 0.0136. The molecule has 0 unspecified atom stereocenters. The number of rotatable bonds is 5. The van der Waals surface area contributed by atoms with E-state index in [1.165, 1.54) is 0 Å². The lowest BCUT2D eigenvalue weighted by molar-refractivity contribution is 0.581. The van der Waals surface area contributed by atoms with Crippen LogP contribution in [0.3, 0.4) is 0 Å². The SMILES string of the molecule is NCCNS(=O)(=O)Cc1ccc(Br)cc1. The molecule has 84 valence electrons. The van der Waals surface area contributed by atoms with E-state index in [9.17, 15) is 8.42 Å². The molecule has 0 bridgehead atoms. The van der Waals surface area contributed by atoms with Crippen molar-refractivity contribution in [2.45, 2.75) is 5.75 Å². The molecule has 3 N–H and O–H groups in total. The van der Waals surface area contributed by atoms with Crippen LogP contribution in [0.15, 0.2) is 28.7 Å². The van der Waals surface area contributed by atoms with Gasteiger partial charge in [0.05, 0.1) is 5.75 Å². The van der Waals surface area contributed by atoms with Gasteiger partial charge in [-0.15, -0.1) is 0 Å². The van der Waals surface area contributed by atoms with Crippen LogP contribution in [-0.2, 0) is 15.8 Å². The topological polar surface area (TPSA) is 72.2 Å². The van der Waals surface area contributed by atoms with Crippen molar-refractivity contribution in [1.29, 1.82) is 0 Å². The summed E-state index contributed by atoms with van der Waals surface area (Å²) in [5, 5.41) is 0. The molecule has 15 heavy (non-hydrogen) atoms. The zero-order chi connectivity index (χ0) is 11.3. The molecule has 0 aliphatic carbocycles. The van der Waals surface area contributed by atoms with Gasteiger partial charge in [-0.1, -0.05) is 28.1 Å². The minimum Gasteiger partial charge on any atom is -0.329 e. The average molecular weight is 293 g/mol.